The Kier molecular flexibility index (Phi) is 5.94. The van der Waals surface area contributed by atoms with Crippen LogP contribution in [0.25, 0.3) is 0 Å². The van der Waals surface area contributed by atoms with Gasteiger partial charge < -0.3 is 15.4 Å². The Morgan fingerprint density at radius 3 is 2.39 bits per heavy atom. The van der Waals surface area contributed by atoms with E-state index in [-0.39, 0.29) is 5.91 Å². The van der Waals surface area contributed by atoms with Crippen molar-refractivity contribution in [3.05, 3.63) is 0 Å². The van der Waals surface area contributed by atoms with E-state index < -0.39 is 0 Å². The number of ether oxygens (including phenoxy) is 1. The van der Waals surface area contributed by atoms with Gasteiger partial charge in [0, 0.05) is 18.7 Å². The maximum absolute atomic E-state index is 11.9. The van der Waals surface area contributed by atoms with Crippen LogP contribution in [0.15, 0.2) is 0 Å². The normalized spacial score (nSPS) is 26.6. The molecule has 2 fully saturated rings. The molecule has 0 bridgehead atoms. The smallest absolute Gasteiger partial charge is 0.234 e. The molecule has 1 unspecified atom stereocenters. The highest BCUT2D eigenvalue weighted by atomic mass is 16.5. The van der Waals surface area contributed by atoms with Gasteiger partial charge in [-0.3, -0.25) is 4.79 Å². The van der Waals surface area contributed by atoms with Crippen molar-refractivity contribution in [2.45, 2.75) is 63.5 Å². The van der Waals surface area contributed by atoms with E-state index in [0.717, 1.165) is 38.9 Å². The zero-order valence-electron chi connectivity index (χ0n) is 11.2. The summed E-state index contributed by atoms with van der Waals surface area (Å²) in [5.41, 5.74) is 0. The van der Waals surface area contributed by atoms with Gasteiger partial charge in [-0.1, -0.05) is 25.7 Å². The average molecular weight is 254 g/mol. The molecule has 0 aromatic carbocycles. The van der Waals surface area contributed by atoms with Crippen molar-refractivity contribution >= 4 is 5.91 Å². The summed E-state index contributed by atoms with van der Waals surface area (Å²) in [6.45, 7) is 2.05. The van der Waals surface area contributed by atoms with Gasteiger partial charge in [-0.05, 0) is 25.7 Å². The molecule has 0 spiro atoms. The summed E-state index contributed by atoms with van der Waals surface area (Å²) in [4.78, 5) is 11.9. The Morgan fingerprint density at radius 2 is 1.72 bits per heavy atom. The summed E-state index contributed by atoms with van der Waals surface area (Å²) in [7, 11) is 0. The van der Waals surface area contributed by atoms with Crippen LogP contribution in [-0.4, -0.2) is 37.7 Å². The van der Waals surface area contributed by atoms with E-state index in [0.29, 0.717) is 18.6 Å². The molecular weight excluding hydrogens is 228 g/mol. The van der Waals surface area contributed by atoms with Crippen LogP contribution in [0.1, 0.15) is 51.4 Å². The SMILES string of the molecule is O=C(CNC1CCCOC1)NC1CCCCCC1. The Labute approximate surface area is 110 Å². The lowest BCUT2D eigenvalue weighted by atomic mass is 10.1. The van der Waals surface area contributed by atoms with Crippen LogP contribution in [0.4, 0.5) is 0 Å². The summed E-state index contributed by atoms with van der Waals surface area (Å²) in [6.07, 6.45) is 9.69. The number of hydrogen-bond acceptors (Lipinski definition) is 3. The van der Waals surface area contributed by atoms with Crippen LogP contribution >= 0.6 is 0 Å². The minimum absolute atomic E-state index is 0.146. The zero-order valence-corrected chi connectivity index (χ0v) is 11.2. The number of hydrogen-bond donors (Lipinski definition) is 2. The van der Waals surface area contributed by atoms with E-state index in [2.05, 4.69) is 10.6 Å². The van der Waals surface area contributed by atoms with Gasteiger partial charge in [-0.2, -0.15) is 0 Å². The Bertz CT molecular complexity index is 244. The number of carbonyl (C=O) groups is 1. The summed E-state index contributed by atoms with van der Waals surface area (Å²) < 4.78 is 5.39. The van der Waals surface area contributed by atoms with E-state index in [1.165, 1.54) is 25.7 Å². The minimum atomic E-state index is 0.146. The molecule has 0 aromatic heterocycles. The van der Waals surface area contributed by atoms with Gasteiger partial charge in [0.05, 0.1) is 13.2 Å². The maximum atomic E-state index is 11.9. The third-order valence-corrected chi connectivity index (χ3v) is 3.93. The molecule has 1 atom stereocenters. The molecule has 4 heteroatoms. The van der Waals surface area contributed by atoms with Crippen molar-refractivity contribution < 1.29 is 9.53 Å². The van der Waals surface area contributed by atoms with Crippen molar-refractivity contribution in [3.8, 4) is 0 Å². The number of nitrogens with one attached hydrogen (secondary N) is 2. The minimum Gasteiger partial charge on any atom is -0.380 e. The second-order valence-corrected chi connectivity index (χ2v) is 5.55. The van der Waals surface area contributed by atoms with Gasteiger partial charge in [-0.15, -0.1) is 0 Å². The molecule has 2 N–H and O–H groups in total. The topological polar surface area (TPSA) is 50.4 Å². The number of rotatable bonds is 4. The van der Waals surface area contributed by atoms with Crippen molar-refractivity contribution in [2.75, 3.05) is 19.8 Å². The molecule has 1 heterocycles. The molecule has 4 nitrogen and oxygen atoms in total. The highest BCUT2D eigenvalue weighted by molar-refractivity contribution is 5.78. The van der Waals surface area contributed by atoms with Gasteiger partial charge in [0.2, 0.25) is 5.91 Å². The summed E-state index contributed by atoms with van der Waals surface area (Å²) >= 11 is 0. The van der Waals surface area contributed by atoms with Gasteiger partial charge in [0.1, 0.15) is 0 Å². The van der Waals surface area contributed by atoms with Gasteiger partial charge in [0.15, 0.2) is 0 Å². The largest absolute Gasteiger partial charge is 0.380 e. The third kappa shape index (κ3) is 4.94. The van der Waals surface area contributed by atoms with Crippen LogP contribution in [0, 0.1) is 0 Å². The number of carbonyl (C=O) groups excluding carboxylic acids is 1. The molecular formula is C14H26N2O2. The van der Waals surface area contributed by atoms with Crippen LogP contribution in [-0.2, 0) is 9.53 Å². The Morgan fingerprint density at radius 1 is 1.00 bits per heavy atom. The molecule has 2 aliphatic rings. The fraction of sp³-hybridized carbons (Fsp3) is 0.929. The first-order chi connectivity index (χ1) is 8.84. The predicted molar refractivity (Wildman–Crippen MR) is 71.5 cm³/mol. The molecule has 1 aliphatic carbocycles. The average Bonchev–Trinajstić information content (AvgIpc) is 2.66. The fourth-order valence-electron chi connectivity index (χ4n) is 2.84. The Balaban J connectivity index is 1.61. The first-order valence-electron chi connectivity index (χ1n) is 7.45. The summed E-state index contributed by atoms with van der Waals surface area (Å²) in [5, 5.41) is 6.45. The molecule has 1 aliphatic heterocycles. The van der Waals surface area contributed by atoms with Crippen LogP contribution in [0.3, 0.4) is 0 Å². The highest BCUT2D eigenvalue weighted by Crippen LogP contribution is 2.17. The standard InChI is InChI=1S/C14H26N2O2/c17-14(10-15-13-8-5-9-18-11-13)16-12-6-3-1-2-4-7-12/h12-13,15H,1-11H2,(H,16,17). The molecule has 1 amide bonds. The van der Waals surface area contributed by atoms with E-state index in [4.69, 9.17) is 4.74 Å². The van der Waals surface area contributed by atoms with Crippen LogP contribution < -0.4 is 10.6 Å². The van der Waals surface area contributed by atoms with Crippen molar-refractivity contribution in [3.63, 3.8) is 0 Å². The predicted octanol–water partition coefficient (Wildman–Crippen LogP) is 1.59. The Hall–Kier alpha value is -0.610. The fourth-order valence-corrected chi connectivity index (χ4v) is 2.84. The van der Waals surface area contributed by atoms with E-state index in [1.807, 2.05) is 0 Å². The van der Waals surface area contributed by atoms with E-state index >= 15 is 0 Å². The second-order valence-electron chi connectivity index (χ2n) is 5.55. The van der Waals surface area contributed by atoms with Gasteiger partial charge in [-0.25, -0.2) is 0 Å². The molecule has 1 saturated carbocycles. The quantitative estimate of drug-likeness (QED) is 0.749. The first-order valence-corrected chi connectivity index (χ1v) is 7.45. The summed E-state index contributed by atoms with van der Waals surface area (Å²) in [5.74, 6) is 0.146. The zero-order chi connectivity index (χ0) is 12.6. The molecule has 0 aromatic rings. The lowest BCUT2D eigenvalue weighted by Gasteiger charge is -2.23. The first kappa shape index (κ1) is 13.8. The monoisotopic (exact) mass is 254 g/mol. The summed E-state index contributed by atoms with van der Waals surface area (Å²) in [6, 6.07) is 0.767. The van der Waals surface area contributed by atoms with E-state index in [1.54, 1.807) is 0 Å². The van der Waals surface area contributed by atoms with E-state index in [9.17, 15) is 4.79 Å². The maximum Gasteiger partial charge on any atom is 0.234 e. The molecule has 18 heavy (non-hydrogen) atoms. The van der Waals surface area contributed by atoms with Gasteiger partial charge >= 0.3 is 0 Å². The van der Waals surface area contributed by atoms with Crippen molar-refractivity contribution in [2.24, 2.45) is 0 Å². The highest BCUT2D eigenvalue weighted by Gasteiger charge is 2.17. The lowest BCUT2D eigenvalue weighted by molar-refractivity contribution is -0.121. The molecule has 104 valence electrons. The lowest BCUT2D eigenvalue weighted by Crippen LogP contribution is -2.45. The van der Waals surface area contributed by atoms with Crippen molar-refractivity contribution in [1.82, 2.24) is 10.6 Å². The second kappa shape index (κ2) is 7.74. The number of amides is 1. The van der Waals surface area contributed by atoms with Gasteiger partial charge in [0.25, 0.3) is 0 Å². The van der Waals surface area contributed by atoms with Crippen LogP contribution in [0.5, 0.6) is 0 Å². The molecule has 2 rings (SSSR count). The van der Waals surface area contributed by atoms with Crippen LogP contribution in [0.2, 0.25) is 0 Å². The molecule has 1 saturated heterocycles. The third-order valence-electron chi connectivity index (χ3n) is 3.93. The van der Waals surface area contributed by atoms with Crippen molar-refractivity contribution in [1.29, 1.82) is 0 Å². The molecule has 0 radical (unpaired) electrons.